The molecule has 132 valence electrons. The Hall–Kier alpha value is -1.56. The van der Waals surface area contributed by atoms with Crippen LogP contribution in [0.5, 0.6) is 0 Å². The lowest BCUT2D eigenvalue weighted by molar-refractivity contribution is -0.129. The summed E-state index contributed by atoms with van der Waals surface area (Å²) in [4.78, 5) is 31.2. The molecule has 1 aliphatic rings. The molecule has 0 spiro atoms. The summed E-state index contributed by atoms with van der Waals surface area (Å²) >= 11 is 1.36. The maximum Gasteiger partial charge on any atom is 0.254 e. The van der Waals surface area contributed by atoms with Crippen molar-refractivity contribution < 1.29 is 9.59 Å². The number of nitrogens with one attached hydrogen (secondary N) is 1. The summed E-state index contributed by atoms with van der Waals surface area (Å²) in [6, 6.07) is 3.52. The van der Waals surface area contributed by atoms with Crippen LogP contribution in [0.4, 0.5) is 0 Å². The average molecular weight is 350 g/mol. The standard InChI is InChI=1S/C18H27N3O2S/c1-13(17(23)21-10-5-6-11-21)24-16-14(8-7-9-19-16)15(22)20-12-18(2,3)4/h7-9,13H,5-6,10-12H2,1-4H3,(H,20,22)/t13-/m0/s1. The second kappa shape index (κ2) is 8.01. The van der Waals surface area contributed by atoms with Crippen LogP contribution in [0.15, 0.2) is 23.4 Å². The molecular weight excluding hydrogens is 322 g/mol. The number of likely N-dealkylation sites (tertiary alicyclic amines) is 1. The molecule has 0 aromatic carbocycles. The monoisotopic (exact) mass is 349 g/mol. The maximum atomic E-state index is 12.5. The van der Waals surface area contributed by atoms with Crippen molar-refractivity contribution >= 4 is 23.6 Å². The molecule has 0 radical (unpaired) electrons. The lowest BCUT2D eigenvalue weighted by Gasteiger charge is -2.21. The summed E-state index contributed by atoms with van der Waals surface area (Å²) in [6.07, 6.45) is 3.82. The van der Waals surface area contributed by atoms with Gasteiger partial charge in [0, 0.05) is 25.8 Å². The van der Waals surface area contributed by atoms with Crippen molar-refractivity contribution in [2.75, 3.05) is 19.6 Å². The molecule has 1 aromatic rings. The van der Waals surface area contributed by atoms with E-state index in [-0.39, 0.29) is 22.5 Å². The fourth-order valence-electron chi connectivity index (χ4n) is 2.51. The molecule has 1 N–H and O–H groups in total. The van der Waals surface area contributed by atoms with Crippen LogP contribution >= 0.6 is 11.8 Å². The molecular formula is C18H27N3O2S. The summed E-state index contributed by atoms with van der Waals surface area (Å²) < 4.78 is 0. The fourth-order valence-corrected chi connectivity index (χ4v) is 3.50. The van der Waals surface area contributed by atoms with Crippen molar-refractivity contribution in [2.24, 2.45) is 5.41 Å². The zero-order valence-electron chi connectivity index (χ0n) is 15.0. The van der Waals surface area contributed by atoms with Crippen LogP contribution in [0.3, 0.4) is 0 Å². The smallest absolute Gasteiger partial charge is 0.254 e. The number of aromatic nitrogens is 1. The first kappa shape index (κ1) is 18.8. The summed E-state index contributed by atoms with van der Waals surface area (Å²) in [6.45, 7) is 10.4. The topological polar surface area (TPSA) is 62.3 Å². The summed E-state index contributed by atoms with van der Waals surface area (Å²) in [5, 5.41) is 3.32. The van der Waals surface area contributed by atoms with Gasteiger partial charge in [-0.25, -0.2) is 4.98 Å². The van der Waals surface area contributed by atoms with Crippen LogP contribution in [-0.2, 0) is 4.79 Å². The van der Waals surface area contributed by atoms with Crippen molar-refractivity contribution in [3.63, 3.8) is 0 Å². The first-order valence-electron chi connectivity index (χ1n) is 8.46. The van der Waals surface area contributed by atoms with Gasteiger partial charge in [-0.15, -0.1) is 0 Å². The Kier molecular flexibility index (Phi) is 6.27. The number of carbonyl (C=O) groups is 2. The number of hydrogen-bond acceptors (Lipinski definition) is 4. The van der Waals surface area contributed by atoms with E-state index >= 15 is 0 Å². The van der Waals surface area contributed by atoms with Gasteiger partial charge in [0.05, 0.1) is 10.8 Å². The number of hydrogen-bond donors (Lipinski definition) is 1. The minimum Gasteiger partial charge on any atom is -0.351 e. The van der Waals surface area contributed by atoms with Crippen LogP contribution in [0.25, 0.3) is 0 Å². The normalized spacial score (nSPS) is 16.1. The highest BCUT2D eigenvalue weighted by atomic mass is 32.2. The van der Waals surface area contributed by atoms with Crippen LogP contribution in [0.2, 0.25) is 0 Å². The molecule has 1 fully saturated rings. The van der Waals surface area contributed by atoms with Gasteiger partial charge in [0.25, 0.3) is 5.91 Å². The summed E-state index contributed by atoms with van der Waals surface area (Å²) in [7, 11) is 0. The van der Waals surface area contributed by atoms with E-state index in [4.69, 9.17) is 0 Å². The zero-order chi connectivity index (χ0) is 17.7. The second-order valence-corrected chi connectivity index (χ2v) is 8.72. The van der Waals surface area contributed by atoms with Crippen molar-refractivity contribution in [3.8, 4) is 0 Å². The molecule has 0 bridgehead atoms. The third-order valence-electron chi connectivity index (χ3n) is 3.85. The molecule has 24 heavy (non-hydrogen) atoms. The average Bonchev–Trinajstić information content (AvgIpc) is 3.06. The molecule has 1 saturated heterocycles. The van der Waals surface area contributed by atoms with Crippen molar-refractivity contribution in [1.29, 1.82) is 0 Å². The minimum atomic E-state index is -0.243. The highest BCUT2D eigenvalue weighted by Gasteiger charge is 2.26. The zero-order valence-corrected chi connectivity index (χ0v) is 15.8. The summed E-state index contributed by atoms with van der Waals surface area (Å²) in [5.74, 6) is -0.00875. The van der Waals surface area contributed by atoms with Crippen molar-refractivity contribution in [2.45, 2.75) is 50.8 Å². The first-order valence-corrected chi connectivity index (χ1v) is 9.34. The van der Waals surface area contributed by atoms with E-state index in [9.17, 15) is 9.59 Å². The first-order chi connectivity index (χ1) is 11.3. The van der Waals surface area contributed by atoms with Crippen LogP contribution in [0.1, 0.15) is 50.9 Å². The van der Waals surface area contributed by atoms with Gasteiger partial charge in [0.15, 0.2) is 0 Å². The van der Waals surface area contributed by atoms with Crippen molar-refractivity contribution in [1.82, 2.24) is 15.2 Å². The van der Waals surface area contributed by atoms with E-state index in [1.54, 1.807) is 18.3 Å². The molecule has 0 unspecified atom stereocenters. The minimum absolute atomic E-state index is 0.0180. The Labute approximate surface area is 148 Å². The fraction of sp³-hybridized carbons (Fsp3) is 0.611. The van der Waals surface area contributed by atoms with Crippen molar-refractivity contribution in [3.05, 3.63) is 23.9 Å². The van der Waals surface area contributed by atoms with Gasteiger partial charge in [-0.1, -0.05) is 32.5 Å². The van der Waals surface area contributed by atoms with E-state index in [2.05, 4.69) is 31.1 Å². The molecule has 0 saturated carbocycles. The van der Waals surface area contributed by atoms with E-state index < -0.39 is 0 Å². The van der Waals surface area contributed by atoms with Gasteiger partial charge in [-0.05, 0) is 37.3 Å². The third-order valence-corrected chi connectivity index (χ3v) is 4.95. The van der Waals surface area contributed by atoms with Crippen LogP contribution in [0, 0.1) is 5.41 Å². The van der Waals surface area contributed by atoms with E-state index in [0.717, 1.165) is 25.9 Å². The lowest BCUT2D eigenvalue weighted by atomic mass is 9.97. The molecule has 1 aliphatic heterocycles. The van der Waals surface area contributed by atoms with E-state index in [0.29, 0.717) is 17.1 Å². The Bertz CT molecular complexity index is 592. The van der Waals surface area contributed by atoms with Gasteiger partial charge in [0.1, 0.15) is 5.03 Å². The number of thioether (sulfide) groups is 1. The number of carbonyl (C=O) groups excluding carboxylic acids is 2. The Morgan fingerprint density at radius 3 is 2.62 bits per heavy atom. The number of amides is 2. The predicted molar refractivity (Wildman–Crippen MR) is 97.2 cm³/mol. The quantitative estimate of drug-likeness (QED) is 0.830. The highest BCUT2D eigenvalue weighted by molar-refractivity contribution is 8.00. The molecule has 5 nitrogen and oxygen atoms in total. The van der Waals surface area contributed by atoms with Crippen LogP contribution < -0.4 is 5.32 Å². The molecule has 6 heteroatoms. The van der Waals surface area contributed by atoms with Gasteiger partial charge >= 0.3 is 0 Å². The predicted octanol–water partition coefficient (Wildman–Crippen LogP) is 2.96. The Morgan fingerprint density at radius 1 is 1.33 bits per heavy atom. The molecule has 1 aromatic heterocycles. The molecule has 1 atom stereocenters. The number of nitrogens with zero attached hydrogens (tertiary/aromatic N) is 2. The largest absolute Gasteiger partial charge is 0.351 e. The van der Waals surface area contributed by atoms with Gasteiger partial charge in [-0.3, -0.25) is 9.59 Å². The Balaban J connectivity index is 2.05. The molecule has 2 heterocycles. The van der Waals surface area contributed by atoms with E-state index in [1.165, 1.54) is 11.8 Å². The van der Waals surface area contributed by atoms with Crippen LogP contribution in [-0.4, -0.2) is 46.6 Å². The third kappa shape index (κ3) is 5.23. The highest BCUT2D eigenvalue weighted by Crippen LogP contribution is 2.27. The second-order valence-electron chi connectivity index (χ2n) is 7.39. The molecule has 2 amide bonds. The summed E-state index contributed by atoms with van der Waals surface area (Å²) in [5.41, 5.74) is 0.553. The molecule has 0 aliphatic carbocycles. The maximum absolute atomic E-state index is 12.5. The SMILES string of the molecule is C[C@H](Sc1ncccc1C(=O)NCC(C)(C)C)C(=O)N1CCCC1. The lowest BCUT2D eigenvalue weighted by Crippen LogP contribution is -2.34. The molecule has 2 rings (SSSR count). The van der Waals surface area contributed by atoms with Gasteiger partial charge < -0.3 is 10.2 Å². The number of pyridine rings is 1. The number of rotatable bonds is 5. The van der Waals surface area contributed by atoms with Gasteiger partial charge in [-0.2, -0.15) is 0 Å². The van der Waals surface area contributed by atoms with E-state index in [1.807, 2.05) is 11.8 Å². The van der Waals surface area contributed by atoms with Gasteiger partial charge in [0.2, 0.25) is 5.91 Å². The Morgan fingerprint density at radius 2 is 2.00 bits per heavy atom.